The van der Waals surface area contributed by atoms with Crippen molar-refractivity contribution < 1.29 is 0 Å². The summed E-state index contributed by atoms with van der Waals surface area (Å²) < 4.78 is 1.17. The van der Waals surface area contributed by atoms with Crippen molar-refractivity contribution in [1.29, 1.82) is 0 Å². The minimum absolute atomic E-state index is 0.851. The van der Waals surface area contributed by atoms with Gasteiger partial charge in [-0.1, -0.05) is 29.3 Å². The van der Waals surface area contributed by atoms with E-state index in [-0.39, 0.29) is 0 Å². The summed E-state index contributed by atoms with van der Waals surface area (Å²) in [6.07, 6.45) is 3.56. The fourth-order valence-corrected chi connectivity index (χ4v) is 1.60. The molecule has 1 aromatic carbocycles. The highest BCUT2D eigenvalue weighted by Crippen LogP contribution is 2.21. The largest absolute Gasteiger partial charge is 0.399 e. The van der Waals surface area contributed by atoms with Crippen LogP contribution in [0, 0.1) is 0 Å². The second-order valence-corrected chi connectivity index (χ2v) is 3.81. The van der Waals surface area contributed by atoms with Crippen molar-refractivity contribution >= 4 is 21.6 Å². The third-order valence-electron chi connectivity index (χ3n) is 1.87. The van der Waals surface area contributed by atoms with Gasteiger partial charge in [-0.05, 0) is 36.6 Å². The Bertz CT molecular complexity index is 258. The lowest BCUT2D eigenvalue weighted by Gasteiger charge is -2.03. The zero-order chi connectivity index (χ0) is 8.97. The summed E-state index contributed by atoms with van der Waals surface area (Å²) in [5.74, 6) is 0. The maximum Gasteiger partial charge on any atom is 0.0317 e. The van der Waals surface area contributed by atoms with Gasteiger partial charge in [0.05, 0.1) is 0 Å². The Morgan fingerprint density at radius 1 is 1.42 bits per heavy atom. The normalized spacial score (nSPS) is 10.2. The first-order valence-corrected chi connectivity index (χ1v) is 5.07. The van der Waals surface area contributed by atoms with E-state index in [2.05, 4.69) is 22.9 Å². The van der Waals surface area contributed by atoms with Crippen LogP contribution in [0.4, 0.5) is 5.69 Å². The van der Waals surface area contributed by atoms with Gasteiger partial charge in [0, 0.05) is 10.2 Å². The smallest absolute Gasteiger partial charge is 0.0317 e. The topological polar surface area (TPSA) is 26.0 Å². The zero-order valence-corrected chi connectivity index (χ0v) is 8.89. The lowest BCUT2D eigenvalue weighted by Crippen LogP contribution is -1.90. The van der Waals surface area contributed by atoms with Gasteiger partial charge in [0.25, 0.3) is 0 Å². The van der Waals surface area contributed by atoms with Crippen molar-refractivity contribution in [2.24, 2.45) is 0 Å². The molecule has 2 heteroatoms. The van der Waals surface area contributed by atoms with Crippen molar-refractivity contribution in [3.8, 4) is 0 Å². The van der Waals surface area contributed by atoms with Gasteiger partial charge >= 0.3 is 0 Å². The molecule has 1 rings (SSSR count). The van der Waals surface area contributed by atoms with E-state index in [4.69, 9.17) is 5.73 Å². The second-order valence-electron chi connectivity index (χ2n) is 2.95. The molecule has 0 unspecified atom stereocenters. The molecule has 0 aliphatic rings. The van der Waals surface area contributed by atoms with Crippen LogP contribution >= 0.6 is 15.9 Å². The third-order valence-corrected chi connectivity index (χ3v) is 2.64. The fourth-order valence-electron chi connectivity index (χ4n) is 1.15. The molecular formula is C10H14BrN. The molecule has 0 fully saturated rings. The van der Waals surface area contributed by atoms with Gasteiger partial charge in [0.1, 0.15) is 0 Å². The molecule has 0 saturated heterocycles. The van der Waals surface area contributed by atoms with Crippen LogP contribution in [0.25, 0.3) is 0 Å². The number of aryl methyl sites for hydroxylation is 1. The summed E-state index contributed by atoms with van der Waals surface area (Å²) in [5.41, 5.74) is 7.85. The molecule has 0 aliphatic heterocycles. The van der Waals surface area contributed by atoms with Gasteiger partial charge in [-0.2, -0.15) is 0 Å². The fraction of sp³-hybridized carbons (Fsp3) is 0.400. The number of nitrogens with two attached hydrogens (primary N) is 1. The van der Waals surface area contributed by atoms with Crippen molar-refractivity contribution in [3.63, 3.8) is 0 Å². The molecule has 0 radical (unpaired) electrons. The van der Waals surface area contributed by atoms with Gasteiger partial charge in [-0.25, -0.2) is 0 Å². The van der Waals surface area contributed by atoms with Crippen molar-refractivity contribution in [2.45, 2.75) is 26.2 Å². The minimum atomic E-state index is 0.851. The van der Waals surface area contributed by atoms with Crippen LogP contribution in [0.1, 0.15) is 25.3 Å². The number of benzene rings is 1. The van der Waals surface area contributed by atoms with E-state index in [1.807, 2.05) is 18.2 Å². The highest BCUT2D eigenvalue weighted by Gasteiger charge is 1.98. The molecule has 1 aromatic rings. The summed E-state index contributed by atoms with van der Waals surface area (Å²) in [7, 11) is 0. The number of halogens is 1. The Morgan fingerprint density at radius 2 is 2.17 bits per heavy atom. The number of rotatable bonds is 3. The molecule has 12 heavy (non-hydrogen) atoms. The number of hydrogen-bond donors (Lipinski definition) is 1. The van der Waals surface area contributed by atoms with E-state index < -0.39 is 0 Å². The highest BCUT2D eigenvalue weighted by molar-refractivity contribution is 9.10. The van der Waals surface area contributed by atoms with E-state index in [1.54, 1.807) is 0 Å². The molecule has 0 aliphatic carbocycles. The molecule has 2 N–H and O–H groups in total. The number of hydrogen-bond acceptors (Lipinski definition) is 1. The quantitative estimate of drug-likeness (QED) is 0.788. The molecule has 66 valence electrons. The first kappa shape index (κ1) is 9.59. The van der Waals surface area contributed by atoms with Gasteiger partial charge in [-0.3, -0.25) is 0 Å². The number of unbranched alkanes of at least 4 members (excludes halogenated alkanes) is 1. The van der Waals surface area contributed by atoms with Gasteiger partial charge < -0.3 is 5.73 Å². The second kappa shape index (κ2) is 4.51. The van der Waals surface area contributed by atoms with Crippen LogP contribution in [-0.2, 0) is 6.42 Å². The average molecular weight is 228 g/mol. The van der Waals surface area contributed by atoms with Crippen LogP contribution in [0.3, 0.4) is 0 Å². The highest BCUT2D eigenvalue weighted by atomic mass is 79.9. The minimum Gasteiger partial charge on any atom is -0.399 e. The molecule has 0 spiro atoms. The monoisotopic (exact) mass is 227 g/mol. The predicted molar refractivity (Wildman–Crippen MR) is 57.2 cm³/mol. The predicted octanol–water partition coefficient (Wildman–Crippen LogP) is 3.37. The molecule has 0 saturated carbocycles. The Hall–Kier alpha value is -0.500. The van der Waals surface area contributed by atoms with Crippen LogP contribution < -0.4 is 5.73 Å². The van der Waals surface area contributed by atoms with E-state index >= 15 is 0 Å². The Kier molecular flexibility index (Phi) is 3.60. The van der Waals surface area contributed by atoms with Crippen LogP contribution in [-0.4, -0.2) is 0 Å². The summed E-state index contributed by atoms with van der Waals surface area (Å²) in [5, 5.41) is 0. The first-order chi connectivity index (χ1) is 5.74. The Morgan fingerprint density at radius 3 is 2.83 bits per heavy atom. The van der Waals surface area contributed by atoms with E-state index in [0.717, 1.165) is 12.1 Å². The van der Waals surface area contributed by atoms with Crippen molar-refractivity contribution in [1.82, 2.24) is 0 Å². The third kappa shape index (κ3) is 2.52. The Balaban J connectivity index is 2.75. The maximum atomic E-state index is 5.68. The van der Waals surface area contributed by atoms with Gasteiger partial charge in [0.15, 0.2) is 0 Å². The van der Waals surface area contributed by atoms with Gasteiger partial charge in [0.2, 0.25) is 0 Å². The van der Waals surface area contributed by atoms with Crippen molar-refractivity contribution in [2.75, 3.05) is 5.73 Å². The molecular weight excluding hydrogens is 214 g/mol. The van der Waals surface area contributed by atoms with E-state index in [0.29, 0.717) is 0 Å². The lowest BCUT2D eigenvalue weighted by molar-refractivity contribution is 0.793. The molecule has 0 bridgehead atoms. The average Bonchev–Trinajstić information content (AvgIpc) is 2.07. The first-order valence-electron chi connectivity index (χ1n) is 4.28. The van der Waals surface area contributed by atoms with Crippen LogP contribution in [0.15, 0.2) is 22.7 Å². The molecule has 1 nitrogen and oxygen atoms in total. The zero-order valence-electron chi connectivity index (χ0n) is 7.31. The van der Waals surface area contributed by atoms with Crippen molar-refractivity contribution in [3.05, 3.63) is 28.2 Å². The molecule has 0 heterocycles. The summed E-state index contributed by atoms with van der Waals surface area (Å²) in [6, 6.07) is 5.97. The number of nitrogen functional groups attached to an aromatic ring is 1. The van der Waals surface area contributed by atoms with Gasteiger partial charge in [-0.15, -0.1) is 0 Å². The van der Waals surface area contributed by atoms with Crippen LogP contribution in [0.2, 0.25) is 0 Å². The Labute approximate surface area is 82.1 Å². The molecule has 0 amide bonds. The standard InChI is InChI=1S/C10H14BrN/c1-2-3-4-8-7-9(12)5-6-10(8)11/h5-7H,2-4,12H2,1H3. The van der Waals surface area contributed by atoms with E-state index in [1.165, 1.54) is 22.9 Å². The summed E-state index contributed by atoms with van der Waals surface area (Å²) in [6.45, 7) is 2.19. The molecule has 0 aromatic heterocycles. The molecule has 0 atom stereocenters. The summed E-state index contributed by atoms with van der Waals surface area (Å²) >= 11 is 3.51. The lowest BCUT2D eigenvalue weighted by atomic mass is 10.1. The number of anilines is 1. The maximum absolute atomic E-state index is 5.68. The SMILES string of the molecule is CCCCc1cc(N)ccc1Br. The summed E-state index contributed by atoms with van der Waals surface area (Å²) in [4.78, 5) is 0. The van der Waals surface area contributed by atoms with Crippen LogP contribution in [0.5, 0.6) is 0 Å². The van der Waals surface area contributed by atoms with E-state index in [9.17, 15) is 0 Å².